The molecular weight excluding hydrogens is 272 g/mol. The first kappa shape index (κ1) is 14.5. The zero-order valence-electron chi connectivity index (χ0n) is 11.1. The Balaban J connectivity index is 2.10. The molecule has 0 aliphatic rings. The summed E-state index contributed by atoms with van der Waals surface area (Å²) in [5.74, 6) is -1.43. The van der Waals surface area contributed by atoms with Crippen LogP contribution in [0.25, 0.3) is 0 Å². The predicted molar refractivity (Wildman–Crippen MR) is 76.0 cm³/mol. The minimum Gasteiger partial charge on any atom is -0.481 e. The number of aromatic amines is 1. The summed E-state index contributed by atoms with van der Waals surface area (Å²) in [5.41, 5.74) is 0.992. The van der Waals surface area contributed by atoms with Crippen molar-refractivity contribution in [3.8, 4) is 0 Å². The number of aromatic nitrogens is 1. The molecule has 0 fully saturated rings. The van der Waals surface area contributed by atoms with Crippen LogP contribution in [0.5, 0.6) is 0 Å². The molecule has 0 bridgehead atoms. The largest absolute Gasteiger partial charge is 0.481 e. The van der Waals surface area contributed by atoms with Crippen molar-refractivity contribution in [2.45, 2.75) is 13.0 Å². The number of H-pyrrole nitrogens is 1. The summed E-state index contributed by atoms with van der Waals surface area (Å²) in [6.07, 6.45) is 2.67. The molecule has 21 heavy (non-hydrogen) atoms. The maximum absolute atomic E-state index is 11.9. The van der Waals surface area contributed by atoms with Gasteiger partial charge in [0.15, 0.2) is 5.43 Å². The highest BCUT2D eigenvalue weighted by atomic mass is 16.4. The number of carboxylic acid groups (broad SMARTS) is 1. The molecule has 108 valence electrons. The summed E-state index contributed by atoms with van der Waals surface area (Å²) in [6.45, 7) is 0.163. The SMILES string of the molecule is O=C(O)Cc1ccccc1CNC(=O)c1c[nH]ccc1=O. The second-order valence-corrected chi connectivity index (χ2v) is 4.44. The van der Waals surface area contributed by atoms with Gasteiger partial charge in [0.25, 0.3) is 5.91 Å². The van der Waals surface area contributed by atoms with Gasteiger partial charge in [-0.15, -0.1) is 0 Å². The van der Waals surface area contributed by atoms with Gasteiger partial charge in [-0.3, -0.25) is 14.4 Å². The van der Waals surface area contributed by atoms with Gasteiger partial charge in [0.05, 0.1) is 6.42 Å². The first-order valence-corrected chi connectivity index (χ1v) is 6.32. The number of benzene rings is 1. The first-order valence-electron chi connectivity index (χ1n) is 6.32. The van der Waals surface area contributed by atoms with E-state index in [1.165, 1.54) is 18.5 Å². The number of hydrogen-bond acceptors (Lipinski definition) is 3. The third kappa shape index (κ3) is 3.79. The van der Waals surface area contributed by atoms with Crippen LogP contribution in [0.2, 0.25) is 0 Å². The fraction of sp³-hybridized carbons (Fsp3) is 0.133. The highest BCUT2D eigenvalue weighted by molar-refractivity contribution is 5.93. The summed E-state index contributed by atoms with van der Waals surface area (Å²) in [4.78, 5) is 36.9. The van der Waals surface area contributed by atoms with Crippen LogP contribution >= 0.6 is 0 Å². The van der Waals surface area contributed by atoms with Gasteiger partial charge in [-0.1, -0.05) is 24.3 Å². The van der Waals surface area contributed by atoms with Crippen LogP contribution in [-0.4, -0.2) is 22.0 Å². The van der Waals surface area contributed by atoms with Gasteiger partial charge in [-0.05, 0) is 11.1 Å². The van der Waals surface area contributed by atoms with Gasteiger partial charge in [-0.2, -0.15) is 0 Å². The minimum atomic E-state index is -0.937. The van der Waals surface area contributed by atoms with Crippen molar-refractivity contribution in [1.82, 2.24) is 10.3 Å². The standard InChI is InChI=1S/C15H14N2O4/c18-13-5-6-16-9-12(13)15(21)17-8-11-4-2-1-3-10(11)7-14(19)20/h1-6,9H,7-8H2,(H,16,18)(H,17,21)(H,19,20). The Kier molecular flexibility index (Phi) is 4.50. The van der Waals surface area contributed by atoms with E-state index in [1.54, 1.807) is 24.3 Å². The molecule has 2 rings (SSSR count). The van der Waals surface area contributed by atoms with Gasteiger partial charge in [-0.25, -0.2) is 0 Å². The number of nitrogens with one attached hydrogen (secondary N) is 2. The van der Waals surface area contributed by atoms with E-state index in [2.05, 4.69) is 10.3 Å². The Morgan fingerprint density at radius 1 is 1.14 bits per heavy atom. The van der Waals surface area contributed by atoms with E-state index in [1.807, 2.05) is 0 Å². The van der Waals surface area contributed by atoms with E-state index in [-0.39, 0.29) is 24.0 Å². The van der Waals surface area contributed by atoms with Crippen LogP contribution in [0.3, 0.4) is 0 Å². The van der Waals surface area contributed by atoms with Gasteiger partial charge in [0.1, 0.15) is 5.56 Å². The van der Waals surface area contributed by atoms with Gasteiger partial charge in [0.2, 0.25) is 0 Å². The molecule has 0 atom stereocenters. The highest BCUT2D eigenvalue weighted by Gasteiger charge is 2.11. The third-order valence-electron chi connectivity index (χ3n) is 2.97. The topological polar surface area (TPSA) is 99.3 Å². The average molecular weight is 286 g/mol. The molecule has 0 spiro atoms. The van der Waals surface area contributed by atoms with Crippen LogP contribution < -0.4 is 10.7 Å². The number of amides is 1. The fourth-order valence-electron chi connectivity index (χ4n) is 1.93. The molecule has 6 heteroatoms. The number of carboxylic acids is 1. The van der Waals surface area contributed by atoms with E-state index >= 15 is 0 Å². The third-order valence-corrected chi connectivity index (χ3v) is 2.97. The quantitative estimate of drug-likeness (QED) is 0.761. The molecule has 1 aromatic carbocycles. The Morgan fingerprint density at radius 3 is 2.52 bits per heavy atom. The van der Waals surface area contributed by atoms with Gasteiger partial charge >= 0.3 is 5.97 Å². The molecule has 0 aliphatic carbocycles. The number of rotatable bonds is 5. The van der Waals surface area contributed by atoms with E-state index < -0.39 is 11.9 Å². The summed E-state index contributed by atoms with van der Waals surface area (Å²) in [7, 11) is 0. The van der Waals surface area contributed by atoms with Crippen molar-refractivity contribution >= 4 is 11.9 Å². The summed E-state index contributed by atoms with van der Waals surface area (Å²) < 4.78 is 0. The maximum atomic E-state index is 11.9. The van der Waals surface area contributed by atoms with Crippen LogP contribution in [0.1, 0.15) is 21.5 Å². The second kappa shape index (κ2) is 6.51. The fourth-order valence-corrected chi connectivity index (χ4v) is 1.93. The Morgan fingerprint density at radius 2 is 1.86 bits per heavy atom. The normalized spacial score (nSPS) is 10.1. The van der Waals surface area contributed by atoms with Crippen molar-refractivity contribution in [1.29, 1.82) is 0 Å². The van der Waals surface area contributed by atoms with Gasteiger partial charge < -0.3 is 15.4 Å². The molecule has 0 unspecified atom stereocenters. The summed E-state index contributed by atoms with van der Waals surface area (Å²) in [5, 5.41) is 11.5. The van der Waals surface area contributed by atoms with Gasteiger partial charge in [0, 0.05) is 25.0 Å². The molecule has 0 aliphatic heterocycles. The van der Waals surface area contributed by atoms with Crippen LogP contribution in [0, 0.1) is 0 Å². The van der Waals surface area contributed by atoms with Crippen molar-refractivity contribution in [2.75, 3.05) is 0 Å². The lowest BCUT2D eigenvalue weighted by Gasteiger charge is -2.09. The number of hydrogen-bond donors (Lipinski definition) is 3. The molecule has 6 nitrogen and oxygen atoms in total. The zero-order chi connectivity index (χ0) is 15.2. The maximum Gasteiger partial charge on any atom is 0.307 e. The van der Waals surface area contributed by atoms with E-state index in [0.717, 1.165) is 0 Å². The van der Waals surface area contributed by atoms with E-state index in [4.69, 9.17) is 5.11 Å². The smallest absolute Gasteiger partial charge is 0.307 e. The van der Waals surface area contributed by atoms with Crippen LogP contribution in [0.4, 0.5) is 0 Å². The zero-order valence-corrected chi connectivity index (χ0v) is 11.1. The lowest BCUT2D eigenvalue weighted by Crippen LogP contribution is -2.28. The molecule has 1 aromatic heterocycles. The van der Waals surface area contributed by atoms with Crippen molar-refractivity contribution in [3.05, 3.63) is 69.6 Å². The molecule has 1 amide bonds. The number of pyridine rings is 1. The van der Waals surface area contributed by atoms with Crippen molar-refractivity contribution in [3.63, 3.8) is 0 Å². The predicted octanol–water partition coefficient (Wildman–Crippen LogP) is 0.932. The molecule has 0 radical (unpaired) electrons. The molecule has 3 N–H and O–H groups in total. The second-order valence-electron chi connectivity index (χ2n) is 4.44. The highest BCUT2D eigenvalue weighted by Crippen LogP contribution is 2.09. The Hall–Kier alpha value is -2.89. The Labute approximate surface area is 120 Å². The minimum absolute atomic E-state index is 0.0215. The molecule has 2 aromatic rings. The molecular formula is C15H14N2O4. The summed E-state index contributed by atoms with van der Waals surface area (Å²) in [6, 6.07) is 8.22. The monoisotopic (exact) mass is 286 g/mol. The lowest BCUT2D eigenvalue weighted by molar-refractivity contribution is -0.136. The van der Waals surface area contributed by atoms with Crippen LogP contribution in [-0.2, 0) is 17.8 Å². The average Bonchev–Trinajstić information content (AvgIpc) is 2.46. The van der Waals surface area contributed by atoms with Crippen molar-refractivity contribution < 1.29 is 14.7 Å². The molecule has 0 saturated heterocycles. The number of carbonyl (C=O) groups is 2. The molecule has 1 heterocycles. The first-order chi connectivity index (χ1) is 10.1. The van der Waals surface area contributed by atoms with E-state index in [0.29, 0.717) is 11.1 Å². The lowest BCUT2D eigenvalue weighted by atomic mass is 10.0. The molecule has 0 saturated carbocycles. The van der Waals surface area contributed by atoms with Crippen LogP contribution in [0.15, 0.2) is 47.5 Å². The van der Waals surface area contributed by atoms with E-state index in [9.17, 15) is 14.4 Å². The van der Waals surface area contributed by atoms with Crippen molar-refractivity contribution in [2.24, 2.45) is 0 Å². The number of aliphatic carboxylic acids is 1. The summed E-state index contributed by atoms with van der Waals surface area (Å²) >= 11 is 0. The Bertz CT molecular complexity index is 721. The number of carbonyl (C=O) groups excluding carboxylic acids is 1.